The molecule has 132 valence electrons. The highest BCUT2D eigenvalue weighted by atomic mass is 32.2. The molecule has 8 heteroatoms. The molecular weight excluding hydrogens is 338 g/mol. The van der Waals surface area contributed by atoms with Crippen LogP contribution in [0.2, 0.25) is 0 Å². The smallest absolute Gasteiger partial charge is 0.152 e. The Morgan fingerprint density at radius 3 is 2.72 bits per heavy atom. The number of rotatable bonds is 4. The van der Waals surface area contributed by atoms with Gasteiger partial charge in [-0.3, -0.25) is 4.68 Å². The maximum Gasteiger partial charge on any atom is 0.152 e. The monoisotopic (exact) mass is 359 g/mol. The molecule has 0 saturated carbocycles. The van der Waals surface area contributed by atoms with Crippen LogP contribution in [0.1, 0.15) is 35.0 Å². The minimum absolute atomic E-state index is 0.0733. The van der Waals surface area contributed by atoms with Crippen molar-refractivity contribution in [2.75, 3.05) is 23.5 Å². The zero-order valence-corrected chi connectivity index (χ0v) is 15.4. The number of hydrogen-bond acceptors (Lipinski definition) is 6. The first-order valence-corrected chi connectivity index (χ1v) is 9.95. The summed E-state index contributed by atoms with van der Waals surface area (Å²) < 4.78 is 25.4. The lowest BCUT2D eigenvalue weighted by atomic mass is 10.1. The van der Waals surface area contributed by atoms with Gasteiger partial charge in [-0.1, -0.05) is 0 Å². The minimum Gasteiger partial charge on any atom is -0.355 e. The van der Waals surface area contributed by atoms with Gasteiger partial charge in [0.15, 0.2) is 9.84 Å². The molecule has 7 nitrogen and oxygen atoms in total. The first-order valence-electron chi connectivity index (χ1n) is 8.13. The van der Waals surface area contributed by atoms with Gasteiger partial charge in [-0.05, 0) is 32.4 Å². The van der Waals surface area contributed by atoms with Gasteiger partial charge in [0.25, 0.3) is 0 Å². The Morgan fingerprint density at radius 2 is 2.16 bits per heavy atom. The van der Waals surface area contributed by atoms with Gasteiger partial charge in [-0.2, -0.15) is 10.4 Å². The predicted octanol–water partition coefficient (Wildman–Crippen LogP) is 1.76. The van der Waals surface area contributed by atoms with Crippen molar-refractivity contribution in [3.05, 3.63) is 40.8 Å². The average molecular weight is 359 g/mol. The average Bonchev–Trinajstić information content (AvgIpc) is 3.08. The quantitative estimate of drug-likeness (QED) is 0.826. The molecule has 0 unspecified atom stereocenters. The van der Waals surface area contributed by atoms with Crippen molar-refractivity contribution in [2.24, 2.45) is 0 Å². The Hall–Kier alpha value is -2.40. The summed E-state index contributed by atoms with van der Waals surface area (Å²) in [6, 6.07) is 5.54. The third-order valence-corrected chi connectivity index (χ3v) is 6.44. The fourth-order valence-electron chi connectivity index (χ4n) is 3.25. The number of nitrogens with zero attached hydrogens (tertiary/aromatic N) is 5. The maximum absolute atomic E-state index is 11.8. The van der Waals surface area contributed by atoms with Crippen molar-refractivity contribution in [3.63, 3.8) is 0 Å². The largest absolute Gasteiger partial charge is 0.355 e. The fraction of sp³-hybridized carbons (Fsp3) is 0.471. The Labute approximate surface area is 147 Å². The highest BCUT2D eigenvalue weighted by Gasteiger charge is 2.31. The van der Waals surface area contributed by atoms with E-state index in [0.29, 0.717) is 18.5 Å². The lowest BCUT2D eigenvalue weighted by molar-refractivity contribution is 0.485. The van der Waals surface area contributed by atoms with Gasteiger partial charge >= 0.3 is 0 Å². The van der Waals surface area contributed by atoms with Crippen LogP contribution < -0.4 is 4.90 Å². The normalized spacial score (nSPS) is 18.9. The number of pyridine rings is 1. The Kier molecular flexibility index (Phi) is 4.52. The summed E-state index contributed by atoms with van der Waals surface area (Å²) in [5.74, 6) is 1.18. The highest BCUT2D eigenvalue weighted by Crippen LogP contribution is 2.27. The molecule has 1 aliphatic heterocycles. The lowest BCUT2D eigenvalue weighted by Crippen LogP contribution is -2.19. The summed E-state index contributed by atoms with van der Waals surface area (Å²) in [4.78, 5) is 6.30. The van der Waals surface area contributed by atoms with Crippen molar-refractivity contribution in [1.29, 1.82) is 5.26 Å². The van der Waals surface area contributed by atoms with Crippen LogP contribution in [0.15, 0.2) is 18.3 Å². The van der Waals surface area contributed by atoms with Crippen molar-refractivity contribution >= 4 is 15.7 Å². The number of sulfone groups is 1. The molecule has 0 aromatic carbocycles. The van der Waals surface area contributed by atoms with Crippen LogP contribution in [0.25, 0.3) is 0 Å². The Bertz CT molecular complexity index is 925. The molecule has 0 amide bonds. The zero-order valence-electron chi connectivity index (χ0n) is 14.6. The first kappa shape index (κ1) is 17.4. The third-order valence-electron chi connectivity index (χ3n) is 4.69. The van der Waals surface area contributed by atoms with E-state index in [9.17, 15) is 8.42 Å². The molecule has 0 bridgehead atoms. The molecule has 1 aliphatic rings. The van der Waals surface area contributed by atoms with Crippen LogP contribution in [0.3, 0.4) is 0 Å². The van der Waals surface area contributed by atoms with Crippen LogP contribution in [0.4, 0.5) is 5.82 Å². The van der Waals surface area contributed by atoms with E-state index in [0.717, 1.165) is 22.8 Å². The predicted molar refractivity (Wildman–Crippen MR) is 95.1 cm³/mol. The molecule has 0 spiro atoms. The van der Waals surface area contributed by atoms with Crippen LogP contribution >= 0.6 is 0 Å². The highest BCUT2D eigenvalue weighted by molar-refractivity contribution is 7.91. The first-order chi connectivity index (χ1) is 11.8. The SMILES string of the molecule is Cc1nn([C@H]2CCS(=O)(=O)C2)c(C)c1CN(C)c1ccc(C#N)cn1. The summed E-state index contributed by atoms with van der Waals surface area (Å²) in [6.45, 7) is 4.55. The topological polar surface area (TPSA) is 91.9 Å². The van der Waals surface area contributed by atoms with Crippen molar-refractivity contribution < 1.29 is 8.42 Å². The lowest BCUT2D eigenvalue weighted by Gasteiger charge is -2.19. The van der Waals surface area contributed by atoms with Gasteiger partial charge in [-0.15, -0.1) is 0 Å². The second kappa shape index (κ2) is 6.48. The van der Waals surface area contributed by atoms with Gasteiger partial charge in [-0.25, -0.2) is 13.4 Å². The molecule has 3 heterocycles. The van der Waals surface area contributed by atoms with Crippen molar-refractivity contribution in [3.8, 4) is 6.07 Å². The summed E-state index contributed by atoms with van der Waals surface area (Å²) in [7, 11) is -1.01. The van der Waals surface area contributed by atoms with Gasteiger partial charge < -0.3 is 4.90 Å². The fourth-order valence-corrected chi connectivity index (χ4v) is 4.94. The summed E-state index contributed by atoms with van der Waals surface area (Å²) in [5.41, 5.74) is 3.51. The number of hydrogen-bond donors (Lipinski definition) is 0. The number of aryl methyl sites for hydroxylation is 1. The Morgan fingerprint density at radius 1 is 1.40 bits per heavy atom. The minimum atomic E-state index is -2.94. The van der Waals surface area contributed by atoms with Gasteiger partial charge in [0.1, 0.15) is 11.9 Å². The van der Waals surface area contributed by atoms with E-state index < -0.39 is 9.84 Å². The van der Waals surface area contributed by atoms with Crippen LogP contribution in [-0.4, -0.2) is 41.7 Å². The molecule has 3 rings (SSSR count). The second-order valence-electron chi connectivity index (χ2n) is 6.52. The Balaban J connectivity index is 1.82. The number of aromatic nitrogens is 3. The standard InChI is InChI=1S/C17H21N5O2S/c1-12-16(10-21(3)17-5-4-14(8-18)9-19-17)13(2)22(20-12)15-6-7-25(23,24)11-15/h4-5,9,15H,6-7,10-11H2,1-3H3/t15-/m0/s1. The molecule has 1 atom stereocenters. The van der Waals surface area contributed by atoms with E-state index in [1.54, 1.807) is 12.3 Å². The number of anilines is 1. The molecular formula is C17H21N5O2S. The summed E-state index contributed by atoms with van der Waals surface area (Å²) in [5, 5.41) is 13.5. The van der Waals surface area contributed by atoms with Crippen LogP contribution in [-0.2, 0) is 16.4 Å². The summed E-state index contributed by atoms with van der Waals surface area (Å²) >= 11 is 0. The number of nitriles is 1. The van der Waals surface area contributed by atoms with E-state index in [2.05, 4.69) is 16.2 Å². The van der Waals surface area contributed by atoms with Crippen molar-refractivity contribution in [2.45, 2.75) is 32.9 Å². The van der Waals surface area contributed by atoms with Crippen LogP contribution in [0, 0.1) is 25.2 Å². The maximum atomic E-state index is 11.8. The molecule has 2 aromatic rings. The second-order valence-corrected chi connectivity index (χ2v) is 8.75. The molecule has 1 saturated heterocycles. The van der Waals surface area contributed by atoms with Crippen molar-refractivity contribution in [1.82, 2.24) is 14.8 Å². The zero-order chi connectivity index (χ0) is 18.2. The van der Waals surface area contributed by atoms with E-state index in [1.807, 2.05) is 36.5 Å². The third kappa shape index (κ3) is 3.51. The van der Waals surface area contributed by atoms with Gasteiger partial charge in [0, 0.05) is 31.0 Å². The van der Waals surface area contributed by atoms with E-state index in [-0.39, 0.29) is 17.5 Å². The molecule has 25 heavy (non-hydrogen) atoms. The van der Waals surface area contributed by atoms with Gasteiger partial charge in [0.2, 0.25) is 0 Å². The van der Waals surface area contributed by atoms with E-state index in [4.69, 9.17) is 5.26 Å². The van der Waals surface area contributed by atoms with E-state index in [1.165, 1.54) is 0 Å². The molecule has 1 fully saturated rings. The molecule has 0 aliphatic carbocycles. The van der Waals surface area contributed by atoms with Crippen LogP contribution in [0.5, 0.6) is 0 Å². The molecule has 2 aromatic heterocycles. The van der Waals surface area contributed by atoms with Gasteiger partial charge in [0.05, 0.1) is 28.8 Å². The molecule has 0 N–H and O–H groups in total. The molecule has 0 radical (unpaired) electrons. The van der Waals surface area contributed by atoms with E-state index >= 15 is 0 Å². The summed E-state index contributed by atoms with van der Waals surface area (Å²) in [6.07, 6.45) is 2.18.